The Kier molecular flexibility index (Phi) is 6.61. The third-order valence-corrected chi connectivity index (χ3v) is 5.20. The van der Waals surface area contributed by atoms with Gasteiger partial charge in [-0.3, -0.25) is 14.9 Å². The van der Waals surface area contributed by atoms with Gasteiger partial charge in [0.25, 0.3) is 5.56 Å². The molecule has 0 unspecified atom stereocenters. The Bertz CT molecular complexity index is 1190. The Labute approximate surface area is 181 Å². The highest BCUT2D eigenvalue weighted by Crippen LogP contribution is 2.30. The number of aromatic nitrogens is 2. The molecule has 9 heteroatoms. The summed E-state index contributed by atoms with van der Waals surface area (Å²) in [6, 6.07) is 9.90. The molecule has 156 valence electrons. The summed E-state index contributed by atoms with van der Waals surface area (Å²) in [4.78, 5) is 28.7. The molecule has 0 fully saturated rings. The van der Waals surface area contributed by atoms with E-state index in [9.17, 15) is 14.9 Å². The van der Waals surface area contributed by atoms with Gasteiger partial charge in [-0.25, -0.2) is 4.98 Å². The van der Waals surface area contributed by atoms with Crippen LogP contribution < -0.4 is 10.3 Å². The molecule has 3 rings (SSSR count). The Morgan fingerprint density at radius 2 is 2.10 bits per heavy atom. The van der Waals surface area contributed by atoms with Crippen LogP contribution in [0.25, 0.3) is 10.9 Å². The Morgan fingerprint density at radius 3 is 2.77 bits per heavy atom. The minimum absolute atomic E-state index is 0.0145. The number of fused-ring (bicyclic) bond motifs is 1. The molecule has 0 saturated heterocycles. The highest BCUT2D eigenvalue weighted by molar-refractivity contribution is 9.10. The maximum absolute atomic E-state index is 13.2. The molecule has 0 N–H and O–H groups in total. The number of halogens is 1. The third kappa shape index (κ3) is 4.25. The van der Waals surface area contributed by atoms with Crippen molar-refractivity contribution >= 4 is 38.7 Å². The van der Waals surface area contributed by atoms with E-state index in [0.717, 1.165) is 10.9 Å². The van der Waals surface area contributed by atoms with E-state index in [1.54, 1.807) is 31.2 Å². The quantitative estimate of drug-likeness (QED) is 0.277. The first-order chi connectivity index (χ1) is 14.4. The summed E-state index contributed by atoms with van der Waals surface area (Å²) >= 11 is 3.38. The van der Waals surface area contributed by atoms with Gasteiger partial charge in [0.05, 0.1) is 28.6 Å². The molecule has 0 aliphatic carbocycles. The van der Waals surface area contributed by atoms with Crippen LogP contribution in [-0.2, 0) is 0 Å². The van der Waals surface area contributed by atoms with Crippen LogP contribution in [0.5, 0.6) is 5.75 Å². The van der Waals surface area contributed by atoms with Gasteiger partial charge in [0, 0.05) is 22.0 Å². The van der Waals surface area contributed by atoms with Crippen molar-refractivity contribution in [3.8, 4) is 5.75 Å². The molecule has 1 aromatic heterocycles. The summed E-state index contributed by atoms with van der Waals surface area (Å²) in [5, 5.41) is 16.1. The van der Waals surface area contributed by atoms with Crippen LogP contribution in [0.15, 0.2) is 50.8 Å². The molecule has 1 heterocycles. The fourth-order valence-corrected chi connectivity index (χ4v) is 3.35. The lowest BCUT2D eigenvalue weighted by Crippen LogP contribution is -2.23. The Morgan fingerprint density at radius 1 is 1.33 bits per heavy atom. The molecule has 1 atom stereocenters. The molecule has 0 saturated carbocycles. The zero-order valence-electron chi connectivity index (χ0n) is 16.8. The summed E-state index contributed by atoms with van der Waals surface area (Å²) in [5.74, 6) is 0.625. The normalized spacial score (nSPS) is 12.4. The van der Waals surface area contributed by atoms with E-state index in [2.05, 4.69) is 26.0 Å². The maximum atomic E-state index is 13.2. The van der Waals surface area contributed by atoms with Gasteiger partial charge in [-0.1, -0.05) is 35.8 Å². The van der Waals surface area contributed by atoms with Crippen molar-refractivity contribution in [3.63, 3.8) is 0 Å². The molecule has 0 radical (unpaired) electrons. The molecule has 2 aromatic carbocycles. The summed E-state index contributed by atoms with van der Waals surface area (Å²) in [6.45, 7) is 5.98. The molecule has 8 nitrogen and oxygen atoms in total. The van der Waals surface area contributed by atoms with E-state index in [1.165, 1.54) is 17.0 Å². The van der Waals surface area contributed by atoms with E-state index in [4.69, 9.17) is 4.74 Å². The van der Waals surface area contributed by atoms with Crippen LogP contribution in [0.2, 0.25) is 0 Å². The second-order valence-electron chi connectivity index (χ2n) is 6.69. The molecular formula is C21H21BrN4O4. The standard InChI is InChI=1S/C21H21BrN4O4/c1-4-13(3)20-24-17-10-9-15(22)11-16(17)21(27)25(20)23-12-14-7-6-8-18(26(28)29)19(14)30-5-2/h6-13H,4-5H2,1-3H3/t13-/m0/s1. The minimum Gasteiger partial charge on any atom is -0.487 e. The number of nitro benzene ring substituents is 1. The monoisotopic (exact) mass is 472 g/mol. The molecule has 0 spiro atoms. The van der Waals surface area contributed by atoms with Crippen LogP contribution in [0.3, 0.4) is 0 Å². The van der Waals surface area contributed by atoms with Crippen molar-refractivity contribution < 1.29 is 9.66 Å². The van der Waals surface area contributed by atoms with Gasteiger partial charge in [0.2, 0.25) is 5.75 Å². The fraction of sp³-hybridized carbons (Fsp3) is 0.286. The molecule has 0 aliphatic rings. The first kappa shape index (κ1) is 21.6. The summed E-state index contributed by atoms with van der Waals surface area (Å²) in [7, 11) is 0. The van der Waals surface area contributed by atoms with Crippen LogP contribution in [0.1, 0.15) is 44.5 Å². The number of ether oxygens (including phenoxy) is 1. The Hall–Kier alpha value is -3.07. The van der Waals surface area contributed by atoms with E-state index in [-0.39, 0.29) is 29.5 Å². The second-order valence-corrected chi connectivity index (χ2v) is 7.60. The van der Waals surface area contributed by atoms with Gasteiger partial charge >= 0.3 is 5.69 Å². The SMILES string of the molecule is CCOc1c(C=Nn2c([C@@H](C)CC)nc3ccc(Br)cc3c2=O)cccc1[N+](=O)[O-]. The van der Waals surface area contributed by atoms with Gasteiger partial charge in [0.1, 0.15) is 5.82 Å². The first-order valence-electron chi connectivity index (χ1n) is 9.54. The number of hydrogen-bond donors (Lipinski definition) is 0. The van der Waals surface area contributed by atoms with Gasteiger partial charge in [-0.15, -0.1) is 0 Å². The highest BCUT2D eigenvalue weighted by atomic mass is 79.9. The van der Waals surface area contributed by atoms with Gasteiger partial charge in [-0.05, 0) is 37.6 Å². The minimum atomic E-state index is -0.506. The van der Waals surface area contributed by atoms with Crippen molar-refractivity contribution in [1.82, 2.24) is 9.66 Å². The largest absolute Gasteiger partial charge is 0.487 e. The van der Waals surface area contributed by atoms with Crippen LogP contribution in [0, 0.1) is 10.1 Å². The molecule has 0 aliphatic heterocycles. The van der Waals surface area contributed by atoms with E-state index in [1.807, 2.05) is 19.9 Å². The van der Waals surface area contributed by atoms with Crippen molar-refractivity contribution in [2.75, 3.05) is 6.61 Å². The van der Waals surface area contributed by atoms with Crippen molar-refractivity contribution in [3.05, 3.63) is 72.7 Å². The van der Waals surface area contributed by atoms with Gasteiger partial charge in [-0.2, -0.15) is 9.78 Å². The Balaban J connectivity index is 2.21. The number of para-hydroxylation sites is 1. The van der Waals surface area contributed by atoms with Crippen molar-refractivity contribution in [2.45, 2.75) is 33.1 Å². The zero-order valence-corrected chi connectivity index (χ0v) is 18.4. The zero-order chi connectivity index (χ0) is 21.8. The van der Waals surface area contributed by atoms with E-state index >= 15 is 0 Å². The lowest BCUT2D eigenvalue weighted by atomic mass is 10.1. The van der Waals surface area contributed by atoms with Crippen LogP contribution in [0.4, 0.5) is 5.69 Å². The molecular weight excluding hydrogens is 452 g/mol. The van der Waals surface area contributed by atoms with E-state index < -0.39 is 4.92 Å². The smallest absolute Gasteiger partial charge is 0.311 e. The third-order valence-electron chi connectivity index (χ3n) is 4.71. The van der Waals surface area contributed by atoms with E-state index in [0.29, 0.717) is 22.3 Å². The highest BCUT2D eigenvalue weighted by Gasteiger charge is 2.19. The molecule has 0 bridgehead atoms. The number of hydrogen-bond acceptors (Lipinski definition) is 6. The van der Waals surface area contributed by atoms with Crippen LogP contribution in [-0.4, -0.2) is 27.4 Å². The van der Waals surface area contributed by atoms with Gasteiger partial charge < -0.3 is 4.74 Å². The average molecular weight is 473 g/mol. The van der Waals surface area contributed by atoms with Crippen molar-refractivity contribution in [2.24, 2.45) is 5.10 Å². The predicted molar refractivity (Wildman–Crippen MR) is 120 cm³/mol. The summed E-state index contributed by atoms with van der Waals surface area (Å²) in [6.07, 6.45) is 2.17. The molecule has 0 amide bonds. The topological polar surface area (TPSA) is 99.6 Å². The van der Waals surface area contributed by atoms with Gasteiger partial charge in [0.15, 0.2) is 0 Å². The average Bonchev–Trinajstić information content (AvgIpc) is 2.73. The predicted octanol–water partition coefficient (Wildman–Crippen LogP) is 4.86. The van der Waals surface area contributed by atoms with Crippen LogP contribution >= 0.6 is 15.9 Å². The molecule has 3 aromatic rings. The second kappa shape index (κ2) is 9.17. The number of nitrogens with zero attached hydrogens (tertiary/aromatic N) is 4. The molecule has 30 heavy (non-hydrogen) atoms. The van der Waals surface area contributed by atoms with Crippen molar-refractivity contribution in [1.29, 1.82) is 0 Å². The first-order valence-corrected chi connectivity index (χ1v) is 10.3. The lowest BCUT2D eigenvalue weighted by Gasteiger charge is -2.14. The number of benzene rings is 2. The maximum Gasteiger partial charge on any atom is 0.311 e. The lowest BCUT2D eigenvalue weighted by molar-refractivity contribution is -0.385. The summed E-state index contributed by atoms with van der Waals surface area (Å²) < 4.78 is 7.51. The summed E-state index contributed by atoms with van der Waals surface area (Å²) in [5.41, 5.74) is 0.532. The number of nitro groups is 1. The fourth-order valence-electron chi connectivity index (χ4n) is 2.99. The number of rotatable bonds is 7.